The Kier molecular flexibility index (Phi) is 4.19. The number of hydrogen-bond acceptors (Lipinski definition) is 5. The summed E-state index contributed by atoms with van der Waals surface area (Å²) in [6, 6.07) is 4.72. The molecule has 1 saturated heterocycles. The molecule has 1 aliphatic rings. The number of aromatic nitrogens is 2. The molecule has 5 nitrogen and oxygen atoms in total. The maximum Gasteiger partial charge on any atom is 0.223 e. The van der Waals surface area contributed by atoms with Crippen molar-refractivity contribution in [2.24, 2.45) is 0 Å². The fraction of sp³-hybridized carbons (Fsp3) is 0.429. The molecule has 2 heterocycles. The van der Waals surface area contributed by atoms with E-state index >= 15 is 0 Å². The molecular formula is C14H15ClFN3O2. The van der Waals surface area contributed by atoms with Crippen molar-refractivity contribution < 1.29 is 13.7 Å². The average molecular weight is 312 g/mol. The van der Waals surface area contributed by atoms with E-state index in [9.17, 15) is 4.39 Å². The number of nitrogens with zero attached hydrogens (tertiary/aromatic N) is 3. The molecule has 1 atom stereocenters. The largest absolute Gasteiger partial charge is 0.367 e. The molecule has 0 amide bonds. The van der Waals surface area contributed by atoms with Gasteiger partial charge in [-0.3, -0.25) is 4.90 Å². The molecule has 0 radical (unpaired) electrons. The molecule has 21 heavy (non-hydrogen) atoms. The molecule has 0 aliphatic carbocycles. The van der Waals surface area contributed by atoms with Gasteiger partial charge >= 0.3 is 0 Å². The van der Waals surface area contributed by atoms with Gasteiger partial charge in [-0.2, -0.15) is 4.98 Å². The molecular weight excluding hydrogens is 297 g/mol. The van der Waals surface area contributed by atoms with Gasteiger partial charge < -0.3 is 9.26 Å². The van der Waals surface area contributed by atoms with E-state index in [0.717, 1.165) is 0 Å². The first kappa shape index (κ1) is 14.4. The lowest BCUT2D eigenvalue weighted by Gasteiger charge is -2.31. The van der Waals surface area contributed by atoms with E-state index in [-0.39, 0.29) is 11.9 Å². The smallest absolute Gasteiger partial charge is 0.223 e. The average Bonchev–Trinajstić information content (AvgIpc) is 2.90. The predicted octanol–water partition coefficient (Wildman–Crippen LogP) is 2.74. The van der Waals surface area contributed by atoms with Crippen LogP contribution in [0.5, 0.6) is 0 Å². The second kappa shape index (κ2) is 6.09. The number of ether oxygens (including phenoxy) is 1. The summed E-state index contributed by atoms with van der Waals surface area (Å²) >= 11 is 6.07. The highest BCUT2D eigenvalue weighted by molar-refractivity contribution is 6.31. The molecule has 1 aliphatic heterocycles. The maximum absolute atomic E-state index is 13.8. The van der Waals surface area contributed by atoms with Crippen LogP contribution >= 0.6 is 11.6 Å². The molecule has 0 bridgehead atoms. The van der Waals surface area contributed by atoms with Gasteiger partial charge in [-0.15, -0.1) is 0 Å². The number of halogens is 2. The summed E-state index contributed by atoms with van der Waals surface area (Å²) < 4.78 is 24.5. The number of hydrogen-bond donors (Lipinski definition) is 0. The fourth-order valence-corrected chi connectivity index (χ4v) is 2.58. The van der Waals surface area contributed by atoms with Gasteiger partial charge in [-0.1, -0.05) is 22.8 Å². The Morgan fingerprint density at radius 3 is 3.05 bits per heavy atom. The predicted molar refractivity (Wildman–Crippen MR) is 74.4 cm³/mol. The Morgan fingerprint density at radius 1 is 1.48 bits per heavy atom. The van der Waals surface area contributed by atoms with Crippen molar-refractivity contribution in [1.82, 2.24) is 15.0 Å². The number of rotatable bonds is 3. The van der Waals surface area contributed by atoms with Gasteiger partial charge in [0.1, 0.15) is 11.9 Å². The second-order valence-corrected chi connectivity index (χ2v) is 5.37. The number of morpholine rings is 1. The topological polar surface area (TPSA) is 51.4 Å². The first-order chi connectivity index (χ1) is 10.1. The van der Waals surface area contributed by atoms with Gasteiger partial charge in [0.2, 0.25) is 11.7 Å². The summed E-state index contributed by atoms with van der Waals surface area (Å²) in [5, 5.41) is 4.32. The molecule has 0 saturated carbocycles. The first-order valence-corrected chi connectivity index (χ1v) is 7.08. The third-order valence-corrected chi connectivity index (χ3v) is 3.78. The molecule has 0 spiro atoms. The number of aryl methyl sites for hydroxylation is 1. The summed E-state index contributed by atoms with van der Waals surface area (Å²) in [7, 11) is 0. The first-order valence-electron chi connectivity index (χ1n) is 6.70. The molecule has 112 valence electrons. The van der Waals surface area contributed by atoms with E-state index in [2.05, 4.69) is 15.0 Å². The van der Waals surface area contributed by atoms with Crippen LogP contribution in [0.4, 0.5) is 4.39 Å². The fourth-order valence-electron chi connectivity index (χ4n) is 2.36. The minimum absolute atomic E-state index is 0.262. The molecule has 0 unspecified atom stereocenters. The van der Waals surface area contributed by atoms with Crippen LogP contribution in [0.15, 0.2) is 22.7 Å². The Hall–Kier alpha value is -1.50. The maximum atomic E-state index is 13.8. The highest BCUT2D eigenvalue weighted by atomic mass is 35.5. The van der Waals surface area contributed by atoms with Crippen molar-refractivity contribution >= 4 is 11.6 Å². The summed E-state index contributed by atoms with van der Waals surface area (Å²) in [5.41, 5.74) is 0.504. The van der Waals surface area contributed by atoms with Crippen LogP contribution in [-0.4, -0.2) is 34.7 Å². The lowest BCUT2D eigenvalue weighted by Crippen LogP contribution is -2.38. The Morgan fingerprint density at radius 2 is 2.33 bits per heavy atom. The van der Waals surface area contributed by atoms with E-state index in [1.807, 2.05) is 0 Å². The standard InChI is InChI=1S/C14H15ClFN3O2/c1-9-17-14(18-21-9)13-8-19(5-6-20-13)7-10-11(15)3-2-4-12(10)16/h2-4,13H,5-8H2,1H3/t13-/m1/s1. The molecule has 1 aromatic carbocycles. The van der Waals surface area contributed by atoms with E-state index in [1.165, 1.54) is 6.07 Å². The van der Waals surface area contributed by atoms with Crippen LogP contribution in [0, 0.1) is 12.7 Å². The monoisotopic (exact) mass is 311 g/mol. The lowest BCUT2D eigenvalue weighted by molar-refractivity contribution is -0.0383. The zero-order valence-electron chi connectivity index (χ0n) is 11.6. The molecule has 7 heteroatoms. The van der Waals surface area contributed by atoms with Gasteiger partial charge in [0.15, 0.2) is 0 Å². The molecule has 1 fully saturated rings. The molecule has 2 aromatic rings. The lowest BCUT2D eigenvalue weighted by atomic mass is 10.1. The van der Waals surface area contributed by atoms with E-state index < -0.39 is 0 Å². The van der Waals surface area contributed by atoms with Crippen LogP contribution in [0.25, 0.3) is 0 Å². The van der Waals surface area contributed by atoms with Crippen LogP contribution in [0.1, 0.15) is 23.4 Å². The summed E-state index contributed by atoms with van der Waals surface area (Å²) in [5.74, 6) is 0.737. The van der Waals surface area contributed by atoms with Crippen molar-refractivity contribution in [2.75, 3.05) is 19.7 Å². The quantitative estimate of drug-likeness (QED) is 0.872. The Labute approximate surface area is 126 Å². The highest BCUT2D eigenvalue weighted by Gasteiger charge is 2.26. The summed E-state index contributed by atoms with van der Waals surface area (Å²) in [6.07, 6.45) is -0.262. The zero-order valence-corrected chi connectivity index (χ0v) is 12.3. The van der Waals surface area contributed by atoms with Gasteiger partial charge in [0.25, 0.3) is 0 Å². The van der Waals surface area contributed by atoms with Crippen LogP contribution in [0.3, 0.4) is 0 Å². The van der Waals surface area contributed by atoms with Gasteiger partial charge in [0.05, 0.1) is 6.61 Å². The SMILES string of the molecule is Cc1nc([C@H]2CN(Cc3c(F)cccc3Cl)CCO2)no1. The van der Waals surface area contributed by atoms with Crippen molar-refractivity contribution in [1.29, 1.82) is 0 Å². The Bertz CT molecular complexity index is 614. The molecule has 3 rings (SSSR count). The minimum Gasteiger partial charge on any atom is -0.367 e. The second-order valence-electron chi connectivity index (χ2n) is 4.97. The normalized spacial score (nSPS) is 19.9. The van der Waals surface area contributed by atoms with Gasteiger partial charge in [0, 0.05) is 37.1 Å². The highest BCUT2D eigenvalue weighted by Crippen LogP contribution is 2.25. The third kappa shape index (κ3) is 3.23. The third-order valence-electron chi connectivity index (χ3n) is 3.43. The van der Waals surface area contributed by atoms with E-state index in [4.69, 9.17) is 20.9 Å². The van der Waals surface area contributed by atoms with Gasteiger partial charge in [-0.05, 0) is 12.1 Å². The van der Waals surface area contributed by atoms with Crippen LogP contribution in [0.2, 0.25) is 5.02 Å². The van der Waals surface area contributed by atoms with E-state index in [0.29, 0.717) is 48.5 Å². The van der Waals surface area contributed by atoms with Gasteiger partial charge in [-0.25, -0.2) is 4.39 Å². The van der Waals surface area contributed by atoms with Crippen molar-refractivity contribution in [2.45, 2.75) is 19.6 Å². The van der Waals surface area contributed by atoms with E-state index in [1.54, 1.807) is 19.1 Å². The van der Waals surface area contributed by atoms with Crippen molar-refractivity contribution in [3.63, 3.8) is 0 Å². The van der Waals surface area contributed by atoms with Crippen LogP contribution in [-0.2, 0) is 11.3 Å². The molecule has 1 aromatic heterocycles. The van der Waals surface area contributed by atoms with Crippen molar-refractivity contribution in [3.05, 3.63) is 46.3 Å². The number of benzene rings is 1. The summed E-state index contributed by atoms with van der Waals surface area (Å²) in [4.78, 5) is 6.25. The Balaban J connectivity index is 1.72. The van der Waals surface area contributed by atoms with Crippen LogP contribution < -0.4 is 0 Å². The minimum atomic E-state index is -0.291. The zero-order chi connectivity index (χ0) is 14.8. The van der Waals surface area contributed by atoms with Crippen molar-refractivity contribution in [3.8, 4) is 0 Å². The summed E-state index contributed by atoms with van der Waals surface area (Å²) in [6.45, 7) is 3.98. The molecule has 0 N–H and O–H groups in total.